The molecule has 2 aromatic heterocycles. The summed E-state index contributed by atoms with van der Waals surface area (Å²) in [5.74, 6) is -2.52. The maximum absolute atomic E-state index is 13.3. The lowest BCUT2D eigenvalue weighted by Gasteiger charge is -2.14. The second-order valence-electron chi connectivity index (χ2n) is 5.71. The molecule has 2 N–H and O–H groups in total. The van der Waals surface area contributed by atoms with Crippen molar-refractivity contribution in [1.82, 2.24) is 10.3 Å². The molecule has 0 unspecified atom stereocenters. The van der Waals surface area contributed by atoms with E-state index >= 15 is 0 Å². The van der Waals surface area contributed by atoms with Crippen LogP contribution in [0.5, 0.6) is 0 Å². The summed E-state index contributed by atoms with van der Waals surface area (Å²) in [5, 5.41) is 7.27. The average molecular weight is 391 g/mol. The number of anilines is 1. The summed E-state index contributed by atoms with van der Waals surface area (Å²) in [5.41, 5.74) is 0.927. The first kappa shape index (κ1) is 18.7. The molecule has 0 aliphatic heterocycles. The molecular formula is C18H15F2N3O3S. The van der Waals surface area contributed by atoms with Crippen LogP contribution in [-0.4, -0.2) is 16.8 Å². The Labute approximate surface area is 157 Å². The number of thiazole rings is 1. The van der Waals surface area contributed by atoms with E-state index in [4.69, 9.17) is 4.42 Å². The molecule has 1 atom stereocenters. The fraction of sp³-hybridized carbons (Fsp3) is 0.167. The molecule has 0 saturated carbocycles. The number of carbonyl (C=O) groups excluding carboxylic acids is 2. The van der Waals surface area contributed by atoms with Gasteiger partial charge in [-0.2, -0.15) is 0 Å². The van der Waals surface area contributed by atoms with Crippen molar-refractivity contribution >= 4 is 28.3 Å². The van der Waals surface area contributed by atoms with Crippen molar-refractivity contribution in [1.29, 1.82) is 0 Å². The maximum Gasteiger partial charge on any atom is 0.293 e. The normalized spacial score (nSPS) is 11.8. The van der Waals surface area contributed by atoms with Gasteiger partial charge in [0, 0.05) is 5.38 Å². The molecule has 0 bridgehead atoms. The highest BCUT2D eigenvalue weighted by Crippen LogP contribution is 2.19. The zero-order chi connectivity index (χ0) is 19.4. The molecule has 3 aromatic rings. The van der Waals surface area contributed by atoms with Crippen LogP contribution in [0.15, 0.2) is 46.4 Å². The minimum Gasteiger partial charge on any atom is -0.459 e. The van der Waals surface area contributed by atoms with E-state index in [-0.39, 0.29) is 18.1 Å². The third kappa shape index (κ3) is 4.76. The molecule has 2 amide bonds. The van der Waals surface area contributed by atoms with Gasteiger partial charge in [0.2, 0.25) is 5.91 Å². The highest BCUT2D eigenvalue weighted by Gasteiger charge is 2.15. The number of furan rings is 1. The maximum atomic E-state index is 13.3. The Morgan fingerprint density at radius 1 is 1.26 bits per heavy atom. The predicted octanol–water partition coefficient (Wildman–Crippen LogP) is 3.69. The number of amides is 2. The second kappa shape index (κ2) is 8.09. The number of nitrogens with one attached hydrogen (secondary N) is 2. The number of rotatable bonds is 6. The van der Waals surface area contributed by atoms with Gasteiger partial charge >= 0.3 is 0 Å². The van der Waals surface area contributed by atoms with Crippen LogP contribution in [0.4, 0.5) is 13.9 Å². The van der Waals surface area contributed by atoms with Crippen molar-refractivity contribution in [3.8, 4) is 0 Å². The Hall–Kier alpha value is -3.07. The van der Waals surface area contributed by atoms with E-state index in [1.54, 1.807) is 18.4 Å². The van der Waals surface area contributed by atoms with Gasteiger partial charge in [0.15, 0.2) is 22.5 Å². The van der Waals surface area contributed by atoms with Crippen molar-refractivity contribution in [3.63, 3.8) is 0 Å². The molecule has 0 radical (unpaired) electrons. The number of hydrogen-bond acceptors (Lipinski definition) is 5. The number of halogens is 2. The van der Waals surface area contributed by atoms with E-state index < -0.39 is 23.6 Å². The molecule has 2 heterocycles. The van der Waals surface area contributed by atoms with Crippen molar-refractivity contribution < 1.29 is 22.8 Å². The SMILES string of the molecule is C[C@H](NC(=O)Cc1csc(NC(=O)c2ccco2)n1)c1ccc(F)c(F)c1. The molecule has 0 saturated heterocycles. The van der Waals surface area contributed by atoms with Crippen molar-refractivity contribution in [2.75, 3.05) is 5.32 Å². The van der Waals surface area contributed by atoms with Gasteiger partial charge in [-0.25, -0.2) is 13.8 Å². The lowest BCUT2D eigenvalue weighted by atomic mass is 10.1. The number of benzene rings is 1. The first-order chi connectivity index (χ1) is 12.9. The highest BCUT2D eigenvalue weighted by molar-refractivity contribution is 7.14. The molecular weight excluding hydrogens is 376 g/mol. The first-order valence-corrected chi connectivity index (χ1v) is 8.84. The van der Waals surface area contributed by atoms with E-state index in [0.717, 1.165) is 12.1 Å². The smallest absolute Gasteiger partial charge is 0.293 e. The Kier molecular flexibility index (Phi) is 5.60. The summed E-state index contributed by atoms with van der Waals surface area (Å²) < 4.78 is 31.3. The van der Waals surface area contributed by atoms with Gasteiger partial charge < -0.3 is 9.73 Å². The summed E-state index contributed by atoms with van der Waals surface area (Å²) in [7, 11) is 0. The zero-order valence-electron chi connectivity index (χ0n) is 14.2. The van der Waals surface area contributed by atoms with E-state index in [2.05, 4.69) is 15.6 Å². The standard InChI is InChI=1S/C18H15F2N3O3S/c1-10(11-4-5-13(19)14(20)7-11)21-16(24)8-12-9-27-18(22-12)23-17(25)15-3-2-6-26-15/h2-7,9-10H,8H2,1H3,(H,21,24)(H,22,23,25)/t10-/m0/s1. The predicted molar refractivity (Wildman–Crippen MR) is 95.4 cm³/mol. The number of hydrogen-bond donors (Lipinski definition) is 2. The summed E-state index contributed by atoms with van der Waals surface area (Å²) >= 11 is 1.18. The number of nitrogens with zero attached hydrogens (tertiary/aromatic N) is 1. The van der Waals surface area contributed by atoms with Crippen LogP contribution < -0.4 is 10.6 Å². The second-order valence-corrected chi connectivity index (χ2v) is 6.57. The van der Waals surface area contributed by atoms with Crippen LogP contribution in [0.3, 0.4) is 0 Å². The summed E-state index contributed by atoms with van der Waals surface area (Å²) in [4.78, 5) is 28.2. The van der Waals surface area contributed by atoms with Crippen LogP contribution >= 0.6 is 11.3 Å². The first-order valence-electron chi connectivity index (χ1n) is 7.96. The minimum atomic E-state index is -0.968. The van der Waals surface area contributed by atoms with Gasteiger partial charge in [0.25, 0.3) is 5.91 Å². The molecule has 3 rings (SSSR count). The Morgan fingerprint density at radius 3 is 2.78 bits per heavy atom. The summed E-state index contributed by atoms with van der Waals surface area (Å²) in [6, 6.07) is 6.10. The van der Waals surface area contributed by atoms with E-state index in [1.165, 1.54) is 29.7 Å². The van der Waals surface area contributed by atoms with Gasteiger partial charge in [-0.15, -0.1) is 11.3 Å². The summed E-state index contributed by atoms with van der Waals surface area (Å²) in [6.45, 7) is 1.67. The van der Waals surface area contributed by atoms with Crippen LogP contribution in [0, 0.1) is 11.6 Å². The molecule has 0 spiro atoms. The van der Waals surface area contributed by atoms with Crippen LogP contribution in [-0.2, 0) is 11.2 Å². The highest BCUT2D eigenvalue weighted by atomic mass is 32.1. The molecule has 6 nitrogen and oxygen atoms in total. The molecule has 0 aliphatic rings. The molecule has 0 aliphatic carbocycles. The third-order valence-corrected chi connectivity index (χ3v) is 4.49. The molecule has 9 heteroatoms. The molecule has 1 aromatic carbocycles. The van der Waals surface area contributed by atoms with E-state index in [0.29, 0.717) is 16.4 Å². The molecule has 140 valence electrons. The Bertz CT molecular complexity index is 957. The molecule has 0 fully saturated rings. The van der Waals surface area contributed by atoms with E-state index in [9.17, 15) is 18.4 Å². The lowest BCUT2D eigenvalue weighted by Crippen LogP contribution is -2.28. The monoisotopic (exact) mass is 391 g/mol. The van der Waals surface area contributed by atoms with Crippen LogP contribution in [0.2, 0.25) is 0 Å². The average Bonchev–Trinajstić information content (AvgIpc) is 3.29. The zero-order valence-corrected chi connectivity index (χ0v) is 15.0. The Morgan fingerprint density at radius 2 is 2.07 bits per heavy atom. The fourth-order valence-corrected chi connectivity index (χ4v) is 3.04. The van der Waals surface area contributed by atoms with Gasteiger partial charge in [-0.1, -0.05) is 6.07 Å². The van der Waals surface area contributed by atoms with Crippen LogP contribution in [0.25, 0.3) is 0 Å². The topological polar surface area (TPSA) is 84.2 Å². The van der Waals surface area contributed by atoms with Crippen molar-refractivity contribution in [2.45, 2.75) is 19.4 Å². The van der Waals surface area contributed by atoms with Gasteiger partial charge in [-0.3, -0.25) is 14.9 Å². The summed E-state index contributed by atoms with van der Waals surface area (Å²) in [6.07, 6.45) is 1.38. The minimum absolute atomic E-state index is 0.0128. The van der Waals surface area contributed by atoms with E-state index in [1.807, 2.05) is 0 Å². The Balaban J connectivity index is 1.55. The lowest BCUT2D eigenvalue weighted by molar-refractivity contribution is -0.121. The van der Waals surface area contributed by atoms with Crippen LogP contribution in [0.1, 0.15) is 34.8 Å². The third-order valence-electron chi connectivity index (χ3n) is 3.68. The van der Waals surface area contributed by atoms with Gasteiger partial charge in [0.05, 0.1) is 24.4 Å². The van der Waals surface area contributed by atoms with Gasteiger partial charge in [0.1, 0.15) is 0 Å². The molecule has 27 heavy (non-hydrogen) atoms. The largest absolute Gasteiger partial charge is 0.459 e. The number of aromatic nitrogens is 1. The fourth-order valence-electron chi connectivity index (χ4n) is 2.33. The van der Waals surface area contributed by atoms with Crippen molar-refractivity contribution in [3.05, 3.63) is 70.6 Å². The van der Waals surface area contributed by atoms with Crippen molar-refractivity contribution in [2.24, 2.45) is 0 Å². The number of carbonyl (C=O) groups is 2. The van der Waals surface area contributed by atoms with Gasteiger partial charge in [-0.05, 0) is 36.8 Å². The quantitative estimate of drug-likeness (QED) is 0.671.